The van der Waals surface area contributed by atoms with E-state index in [4.69, 9.17) is 0 Å². The molecule has 152 valence electrons. The summed E-state index contributed by atoms with van der Waals surface area (Å²) in [5, 5.41) is 20.9. The van der Waals surface area contributed by atoms with Gasteiger partial charge in [-0.05, 0) is 64.1 Å². The van der Waals surface area contributed by atoms with E-state index >= 15 is 0 Å². The van der Waals surface area contributed by atoms with Crippen molar-refractivity contribution in [2.45, 2.75) is 52.0 Å². The van der Waals surface area contributed by atoms with Crippen molar-refractivity contribution in [2.24, 2.45) is 0 Å². The summed E-state index contributed by atoms with van der Waals surface area (Å²) in [4.78, 5) is 5.00. The number of unbranched alkanes of at least 4 members (excludes halogenated alkanes) is 1. The molecule has 0 atom stereocenters. The minimum atomic E-state index is 0.305. The molecular formula is C23H33N3O2. The molecular weight excluding hydrogens is 350 g/mol. The fourth-order valence-electron chi connectivity index (χ4n) is 4.63. The maximum absolute atomic E-state index is 10.4. The van der Waals surface area contributed by atoms with Crippen LogP contribution in [0.4, 0.5) is 5.69 Å². The molecule has 5 nitrogen and oxygen atoms in total. The Morgan fingerprint density at radius 3 is 1.96 bits per heavy atom. The van der Waals surface area contributed by atoms with Crippen molar-refractivity contribution in [3.8, 4) is 11.8 Å². The van der Waals surface area contributed by atoms with Crippen LogP contribution in [-0.4, -0.2) is 52.4 Å². The zero-order chi connectivity index (χ0) is 19.5. The molecule has 0 unspecified atom stereocenters. The first kappa shape index (κ1) is 19.2. The van der Waals surface area contributed by atoms with E-state index in [-0.39, 0.29) is 0 Å². The lowest BCUT2D eigenvalue weighted by atomic mass is 9.95. The highest BCUT2D eigenvalue weighted by Gasteiger charge is 2.24. The number of aromatic nitrogens is 1. The van der Waals surface area contributed by atoms with Gasteiger partial charge in [-0.3, -0.25) is 9.47 Å². The average Bonchev–Trinajstić information content (AvgIpc) is 2.97. The Balaban J connectivity index is 1.22. The molecule has 5 heteroatoms. The van der Waals surface area contributed by atoms with Crippen LogP contribution in [0.1, 0.15) is 42.4 Å². The van der Waals surface area contributed by atoms with E-state index in [1.54, 1.807) is 4.57 Å². The van der Waals surface area contributed by atoms with Crippen molar-refractivity contribution in [3.63, 3.8) is 0 Å². The Hall–Kier alpha value is -2.14. The highest BCUT2D eigenvalue weighted by Crippen LogP contribution is 2.38. The minimum absolute atomic E-state index is 0.305. The third-order valence-corrected chi connectivity index (χ3v) is 6.40. The van der Waals surface area contributed by atoms with Crippen LogP contribution in [0.3, 0.4) is 0 Å². The van der Waals surface area contributed by atoms with E-state index < -0.39 is 0 Å². The van der Waals surface area contributed by atoms with E-state index in [1.165, 1.54) is 11.3 Å². The Labute approximate surface area is 168 Å². The molecule has 2 N–H and O–H groups in total. The smallest absolute Gasteiger partial charge is 0.197 e. The Morgan fingerprint density at radius 2 is 1.36 bits per heavy atom. The van der Waals surface area contributed by atoms with Crippen LogP contribution in [0, 0.1) is 6.92 Å². The van der Waals surface area contributed by atoms with Crippen LogP contribution < -0.4 is 4.90 Å². The molecule has 1 aromatic heterocycles. The topological polar surface area (TPSA) is 51.9 Å². The van der Waals surface area contributed by atoms with Gasteiger partial charge in [0.15, 0.2) is 11.8 Å². The van der Waals surface area contributed by atoms with E-state index in [0.717, 1.165) is 82.4 Å². The lowest BCUT2D eigenvalue weighted by Crippen LogP contribution is -2.46. The molecule has 28 heavy (non-hydrogen) atoms. The number of hydrogen-bond donors (Lipinski definition) is 2. The molecule has 0 radical (unpaired) electrons. The van der Waals surface area contributed by atoms with Crippen LogP contribution in [0.5, 0.6) is 11.8 Å². The van der Waals surface area contributed by atoms with Crippen molar-refractivity contribution in [1.29, 1.82) is 0 Å². The minimum Gasteiger partial charge on any atom is -0.494 e. The number of fused-ring (bicyclic) bond motifs is 1. The Bertz CT molecular complexity index is 760. The fourth-order valence-corrected chi connectivity index (χ4v) is 4.63. The second-order valence-electron chi connectivity index (χ2n) is 8.33. The van der Waals surface area contributed by atoms with Crippen LogP contribution in [-0.2, 0) is 19.4 Å². The van der Waals surface area contributed by atoms with E-state index in [1.807, 2.05) is 0 Å². The highest BCUT2D eigenvalue weighted by molar-refractivity contribution is 5.48. The molecule has 1 aliphatic heterocycles. The molecule has 4 rings (SSSR count). The lowest BCUT2D eigenvalue weighted by molar-refractivity contribution is 0.249. The molecule has 2 aromatic rings. The lowest BCUT2D eigenvalue weighted by Gasteiger charge is -2.36. The summed E-state index contributed by atoms with van der Waals surface area (Å²) >= 11 is 0. The maximum Gasteiger partial charge on any atom is 0.197 e. The molecule has 1 fully saturated rings. The van der Waals surface area contributed by atoms with Crippen molar-refractivity contribution < 1.29 is 10.2 Å². The second-order valence-corrected chi connectivity index (χ2v) is 8.33. The third-order valence-electron chi connectivity index (χ3n) is 6.40. The van der Waals surface area contributed by atoms with Crippen molar-refractivity contribution in [3.05, 3.63) is 41.0 Å². The number of benzene rings is 1. The Morgan fingerprint density at radius 1 is 0.786 bits per heavy atom. The van der Waals surface area contributed by atoms with Crippen molar-refractivity contribution in [2.75, 3.05) is 37.6 Å². The number of hydrogen-bond acceptors (Lipinski definition) is 4. The fraction of sp³-hybridized carbons (Fsp3) is 0.565. The molecule has 0 saturated carbocycles. The number of aromatic hydroxyl groups is 2. The highest BCUT2D eigenvalue weighted by atomic mass is 16.3. The van der Waals surface area contributed by atoms with Gasteiger partial charge in [-0.25, -0.2) is 0 Å². The number of rotatable bonds is 6. The van der Waals surface area contributed by atoms with Crippen LogP contribution in [0.15, 0.2) is 24.3 Å². The maximum atomic E-state index is 10.4. The van der Waals surface area contributed by atoms with E-state index in [9.17, 15) is 10.2 Å². The van der Waals surface area contributed by atoms with E-state index in [0.29, 0.717) is 18.3 Å². The predicted molar refractivity (Wildman–Crippen MR) is 113 cm³/mol. The monoisotopic (exact) mass is 383 g/mol. The molecule has 1 aliphatic carbocycles. The van der Waals surface area contributed by atoms with Crippen LogP contribution >= 0.6 is 0 Å². The standard InChI is InChI=1S/C23H33N3O2/c1-18-8-10-19(11-9-18)25-16-14-24(15-17-25)12-4-5-13-26-22(27)20-6-2-3-7-21(20)23(26)28/h8-11,27-28H,2-7,12-17H2,1H3. The van der Waals surface area contributed by atoms with Gasteiger partial charge in [-0.15, -0.1) is 0 Å². The van der Waals surface area contributed by atoms with Gasteiger partial charge >= 0.3 is 0 Å². The largest absolute Gasteiger partial charge is 0.494 e. The first-order valence-corrected chi connectivity index (χ1v) is 10.8. The molecule has 2 heterocycles. The second kappa shape index (κ2) is 8.48. The first-order valence-electron chi connectivity index (χ1n) is 10.8. The van der Waals surface area contributed by atoms with Crippen LogP contribution in [0.2, 0.25) is 0 Å². The summed E-state index contributed by atoms with van der Waals surface area (Å²) in [5.74, 6) is 0.609. The summed E-state index contributed by atoms with van der Waals surface area (Å²) in [6.45, 7) is 8.27. The number of piperazine rings is 1. The molecule has 0 amide bonds. The summed E-state index contributed by atoms with van der Waals surface area (Å²) < 4.78 is 1.73. The quantitative estimate of drug-likeness (QED) is 0.747. The number of aryl methyl sites for hydroxylation is 1. The number of anilines is 1. The van der Waals surface area contributed by atoms with Gasteiger partial charge in [0, 0.05) is 49.5 Å². The number of nitrogens with zero attached hydrogens (tertiary/aromatic N) is 3. The summed E-state index contributed by atoms with van der Waals surface area (Å²) in [7, 11) is 0. The Kier molecular flexibility index (Phi) is 5.81. The van der Waals surface area contributed by atoms with Crippen LogP contribution in [0.25, 0.3) is 0 Å². The molecule has 1 saturated heterocycles. The molecule has 2 aliphatic rings. The summed E-state index contributed by atoms with van der Waals surface area (Å²) in [6.07, 6.45) is 6.08. The average molecular weight is 384 g/mol. The molecule has 1 aromatic carbocycles. The van der Waals surface area contributed by atoms with Gasteiger partial charge in [0.05, 0.1) is 0 Å². The van der Waals surface area contributed by atoms with Crippen molar-refractivity contribution >= 4 is 5.69 Å². The SMILES string of the molecule is Cc1ccc(N2CCN(CCCCn3c(O)c4c(c3O)CCCC4)CC2)cc1. The zero-order valence-electron chi connectivity index (χ0n) is 17.0. The van der Waals surface area contributed by atoms with Gasteiger partial charge in [-0.1, -0.05) is 17.7 Å². The predicted octanol–water partition coefficient (Wildman–Crippen LogP) is 3.69. The van der Waals surface area contributed by atoms with Gasteiger partial charge in [-0.2, -0.15) is 0 Å². The normalized spacial score (nSPS) is 17.7. The zero-order valence-corrected chi connectivity index (χ0v) is 17.0. The first-order chi connectivity index (χ1) is 13.6. The molecule has 0 spiro atoms. The van der Waals surface area contributed by atoms with Gasteiger partial charge in [0.1, 0.15) is 0 Å². The summed E-state index contributed by atoms with van der Waals surface area (Å²) in [6, 6.07) is 8.82. The van der Waals surface area contributed by atoms with Gasteiger partial charge in [0.2, 0.25) is 0 Å². The third kappa shape index (κ3) is 4.00. The van der Waals surface area contributed by atoms with E-state index in [2.05, 4.69) is 41.0 Å². The summed E-state index contributed by atoms with van der Waals surface area (Å²) in [5.41, 5.74) is 4.60. The van der Waals surface area contributed by atoms with Crippen molar-refractivity contribution in [1.82, 2.24) is 9.47 Å². The molecule has 0 bridgehead atoms. The van der Waals surface area contributed by atoms with Gasteiger partial charge < -0.3 is 15.1 Å². The van der Waals surface area contributed by atoms with Gasteiger partial charge in [0.25, 0.3) is 0 Å².